The van der Waals surface area contributed by atoms with Crippen LogP contribution in [0.3, 0.4) is 0 Å². The van der Waals surface area contributed by atoms with Crippen LogP contribution in [0, 0.1) is 5.92 Å². The molecule has 1 unspecified atom stereocenters. The second-order valence-electron chi connectivity index (χ2n) is 5.44. The van der Waals surface area contributed by atoms with Crippen molar-refractivity contribution in [1.82, 2.24) is 19.8 Å². The lowest BCUT2D eigenvalue weighted by Crippen LogP contribution is -2.39. The molecule has 1 aromatic heterocycles. The van der Waals surface area contributed by atoms with Crippen molar-refractivity contribution in [2.45, 2.75) is 31.8 Å². The van der Waals surface area contributed by atoms with Gasteiger partial charge in [-0.15, -0.1) is 0 Å². The van der Waals surface area contributed by atoms with Gasteiger partial charge in [-0.1, -0.05) is 0 Å². The van der Waals surface area contributed by atoms with Crippen LogP contribution < -0.4 is 5.32 Å². The van der Waals surface area contributed by atoms with E-state index < -0.39 is 0 Å². The van der Waals surface area contributed by atoms with Gasteiger partial charge in [0.25, 0.3) is 0 Å². The van der Waals surface area contributed by atoms with Crippen LogP contribution in [0.1, 0.15) is 25.1 Å². The molecule has 1 saturated heterocycles. The first kappa shape index (κ1) is 11.2. The molecule has 2 aliphatic rings. The second-order valence-corrected chi connectivity index (χ2v) is 5.44. The van der Waals surface area contributed by atoms with E-state index in [2.05, 4.69) is 26.8 Å². The Morgan fingerprint density at radius 1 is 1.47 bits per heavy atom. The van der Waals surface area contributed by atoms with Gasteiger partial charge in [-0.3, -0.25) is 4.90 Å². The lowest BCUT2D eigenvalue weighted by molar-refractivity contribution is 0.243. The van der Waals surface area contributed by atoms with Crippen LogP contribution in [0.15, 0.2) is 12.4 Å². The quantitative estimate of drug-likeness (QED) is 0.847. The molecule has 0 spiro atoms. The summed E-state index contributed by atoms with van der Waals surface area (Å²) in [5.41, 5.74) is 0. The van der Waals surface area contributed by atoms with Crippen LogP contribution >= 0.6 is 0 Å². The number of imidazole rings is 1. The summed E-state index contributed by atoms with van der Waals surface area (Å²) in [5, 5.41) is 3.70. The highest BCUT2D eigenvalue weighted by molar-refractivity contribution is 4.94. The molecule has 17 heavy (non-hydrogen) atoms. The predicted molar refractivity (Wildman–Crippen MR) is 67.6 cm³/mol. The SMILES string of the molecule is Cn1ccnc1CN1CCCNC(C2CC2)C1. The zero-order valence-electron chi connectivity index (χ0n) is 10.6. The summed E-state index contributed by atoms with van der Waals surface area (Å²) in [6, 6.07) is 0.720. The summed E-state index contributed by atoms with van der Waals surface area (Å²) < 4.78 is 2.13. The number of hydrogen-bond acceptors (Lipinski definition) is 3. The van der Waals surface area contributed by atoms with Gasteiger partial charge in [0.2, 0.25) is 0 Å². The molecule has 3 rings (SSSR count). The number of aryl methyl sites for hydroxylation is 1. The van der Waals surface area contributed by atoms with Gasteiger partial charge in [0, 0.05) is 32.0 Å². The van der Waals surface area contributed by atoms with Crippen molar-refractivity contribution >= 4 is 0 Å². The van der Waals surface area contributed by atoms with Gasteiger partial charge >= 0.3 is 0 Å². The largest absolute Gasteiger partial charge is 0.337 e. The highest BCUT2D eigenvalue weighted by atomic mass is 15.2. The van der Waals surface area contributed by atoms with Gasteiger partial charge in [-0.05, 0) is 38.3 Å². The van der Waals surface area contributed by atoms with Crippen molar-refractivity contribution in [1.29, 1.82) is 0 Å². The summed E-state index contributed by atoms with van der Waals surface area (Å²) in [5.74, 6) is 2.12. The average Bonchev–Trinajstić information content (AvgIpc) is 3.09. The summed E-state index contributed by atoms with van der Waals surface area (Å²) in [7, 11) is 2.08. The minimum absolute atomic E-state index is 0.720. The van der Waals surface area contributed by atoms with Crippen molar-refractivity contribution in [3.63, 3.8) is 0 Å². The number of hydrogen-bond donors (Lipinski definition) is 1. The van der Waals surface area contributed by atoms with Gasteiger partial charge in [-0.2, -0.15) is 0 Å². The molecular weight excluding hydrogens is 212 g/mol. The molecule has 4 nitrogen and oxygen atoms in total. The fraction of sp³-hybridized carbons (Fsp3) is 0.769. The van der Waals surface area contributed by atoms with E-state index in [1.165, 1.54) is 44.7 Å². The van der Waals surface area contributed by atoms with E-state index in [4.69, 9.17) is 0 Å². The molecule has 1 N–H and O–H groups in total. The first-order valence-electron chi connectivity index (χ1n) is 6.75. The fourth-order valence-electron chi connectivity index (χ4n) is 2.73. The van der Waals surface area contributed by atoms with Crippen molar-refractivity contribution in [3.8, 4) is 0 Å². The average molecular weight is 234 g/mol. The maximum atomic E-state index is 4.43. The number of nitrogens with zero attached hydrogens (tertiary/aromatic N) is 3. The molecule has 0 bridgehead atoms. The Labute approximate surface area is 103 Å². The third-order valence-electron chi connectivity index (χ3n) is 3.99. The molecule has 1 aliphatic carbocycles. The zero-order valence-corrected chi connectivity index (χ0v) is 10.6. The van der Waals surface area contributed by atoms with Crippen LogP contribution in [0.2, 0.25) is 0 Å². The molecule has 0 radical (unpaired) electrons. The van der Waals surface area contributed by atoms with Crippen LogP contribution in [0.4, 0.5) is 0 Å². The third kappa shape index (κ3) is 2.69. The monoisotopic (exact) mass is 234 g/mol. The summed E-state index contributed by atoms with van der Waals surface area (Å²) in [4.78, 5) is 6.99. The minimum atomic E-state index is 0.720. The smallest absolute Gasteiger partial charge is 0.122 e. The van der Waals surface area contributed by atoms with E-state index in [1.807, 2.05) is 12.4 Å². The Bertz CT molecular complexity index is 369. The van der Waals surface area contributed by atoms with E-state index in [0.29, 0.717) is 0 Å². The Kier molecular flexibility index (Phi) is 3.16. The molecule has 1 saturated carbocycles. The summed E-state index contributed by atoms with van der Waals surface area (Å²) in [6.07, 6.45) is 8.03. The Hall–Kier alpha value is -0.870. The fourth-order valence-corrected chi connectivity index (χ4v) is 2.73. The standard InChI is InChI=1S/C13H22N4/c1-16-8-6-15-13(16)10-17-7-2-5-14-12(9-17)11-3-4-11/h6,8,11-12,14H,2-5,7,9-10H2,1H3. The first-order chi connectivity index (χ1) is 8.33. The topological polar surface area (TPSA) is 33.1 Å². The van der Waals surface area contributed by atoms with E-state index in [-0.39, 0.29) is 0 Å². The number of rotatable bonds is 3. The van der Waals surface area contributed by atoms with Gasteiger partial charge in [0.05, 0.1) is 6.54 Å². The van der Waals surface area contributed by atoms with Crippen LogP contribution in [-0.4, -0.2) is 40.1 Å². The Balaban J connectivity index is 1.63. The number of aromatic nitrogens is 2. The molecule has 1 atom stereocenters. The molecular formula is C13H22N4. The van der Waals surface area contributed by atoms with Crippen molar-refractivity contribution in [3.05, 3.63) is 18.2 Å². The highest BCUT2D eigenvalue weighted by Gasteiger charge is 2.33. The first-order valence-corrected chi connectivity index (χ1v) is 6.75. The van der Waals surface area contributed by atoms with Crippen LogP contribution in [-0.2, 0) is 13.6 Å². The third-order valence-corrected chi connectivity index (χ3v) is 3.99. The molecule has 0 amide bonds. The van der Waals surface area contributed by atoms with E-state index in [9.17, 15) is 0 Å². The maximum absolute atomic E-state index is 4.43. The minimum Gasteiger partial charge on any atom is -0.337 e. The molecule has 2 heterocycles. The molecule has 0 aromatic carbocycles. The van der Waals surface area contributed by atoms with Crippen LogP contribution in [0.25, 0.3) is 0 Å². The zero-order chi connectivity index (χ0) is 11.7. The number of nitrogens with one attached hydrogen (secondary N) is 1. The van der Waals surface area contributed by atoms with Gasteiger partial charge in [-0.25, -0.2) is 4.98 Å². The lowest BCUT2D eigenvalue weighted by Gasteiger charge is -2.23. The van der Waals surface area contributed by atoms with E-state index in [0.717, 1.165) is 18.5 Å². The molecule has 94 valence electrons. The van der Waals surface area contributed by atoms with Gasteiger partial charge in [0.1, 0.15) is 5.82 Å². The van der Waals surface area contributed by atoms with Gasteiger partial charge in [0.15, 0.2) is 0 Å². The second kappa shape index (κ2) is 4.78. The normalized spacial score (nSPS) is 27.0. The van der Waals surface area contributed by atoms with Gasteiger partial charge < -0.3 is 9.88 Å². The Morgan fingerprint density at radius 3 is 3.06 bits per heavy atom. The lowest BCUT2D eigenvalue weighted by atomic mass is 10.2. The molecule has 1 aliphatic heterocycles. The highest BCUT2D eigenvalue weighted by Crippen LogP contribution is 2.33. The summed E-state index contributed by atoms with van der Waals surface area (Å²) >= 11 is 0. The van der Waals surface area contributed by atoms with E-state index in [1.54, 1.807) is 0 Å². The maximum Gasteiger partial charge on any atom is 0.122 e. The summed E-state index contributed by atoms with van der Waals surface area (Å²) in [6.45, 7) is 4.56. The van der Waals surface area contributed by atoms with Crippen LogP contribution in [0.5, 0.6) is 0 Å². The molecule has 1 aromatic rings. The van der Waals surface area contributed by atoms with Crippen molar-refractivity contribution in [2.24, 2.45) is 13.0 Å². The Morgan fingerprint density at radius 2 is 2.35 bits per heavy atom. The van der Waals surface area contributed by atoms with Crippen molar-refractivity contribution < 1.29 is 0 Å². The van der Waals surface area contributed by atoms with Crippen molar-refractivity contribution in [2.75, 3.05) is 19.6 Å². The predicted octanol–water partition coefficient (Wildman–Crippen LogP) is 0.994. The molecule has 4 heteroatoms. The van der Waals surface area contributed by atoms with E-state index >= 15 is 0 Å². The molecule has 2 fully saturated rings.